The second kappa shape index (κ2) is 6.22. The average Bonchev–Trinajstić information content (AvgIpc) is 2.48. The van der Waals surface area contributed by atoms with Gasteiger partial charge in [0, 0.05) is 24.4 Å². The van der Waals surface area contributed by atoms with Crippen molar-refractivity contribution in [2.75, 3.05) is 13.1 Å². The highest BCUT2D eigenvalue weighted by molar-refractivity contribution is 5.57. The third-order valence-electron chi connectivity index (χ3n) is 4.38. The molecule has 0 saturated carbocycles. The fraction of sp³-hybridized carbons (Fsp3) is 0.588. The first-order chi connectivity index (χ1) is 10.4. The van der Waals surface area contributed by atoms with Crippen LogP contribution in [0.4, 0.5) is 0 Å². The first-order valence-electron chi connectivity index (χ1n) is 7.52. The number of likely N-dealkylation sites (tertiary alicyclic amines) is 1. The first-order valence-corrected chi connectivity index (χ1v) is 7.52. The lowest BCUT2D eigenvalue weighted by Crippen LogP contribution is -2.38. The quantitative estimate of drug-likeness (QED) is 0.750. The van der Waals surface area contributed by atoms with Crippen molar-refractivity contribution in [3.8, 4) is 18.2 Å². The van der Waals surface area contributed by atoms with E-state index < -0.39 is 0 Å². The van der Waals surface area contributed by atoms with Crippen LogP contribution in [-0.2, 0) is 0 Å². The van der Waals surface area contributed by atoms with Crippen LogP contribution in [0.15, 0.2) is 22.4 Å². The molecule has 1 saturated heterocycles. The van der Waals surface area contributed by atoms with Gasteiger partial charge in [0.1, 0.15) is 23.8 Å². The van der Waals surface area contributed by atoms with Crippen LogP contribution in [0.5, 0.6) is 0 Å². The van der Waals surface area contributed by atoms with E-state index in [2.05, 4.69) is 24.8 Å². The Morgan fingerprint density at radius 1 is 1.14 bits per heavy atom. The summed E-state index contributed by atoms with van der Waals surface area (Å²) in [6.07, 6.45) is 2.41. The van der Waals surface area contributed by atoms with E-state index in [0.717, 1.165) is 12.1 Å². The molecule has 1 fully saturated rings. The van der Waals surface area contributed by atoms with Gasteiger partial charge < -0.3 is 10.0 Å². The molecular weight excluding hydrogens is 276 g/mol. The molecule has 0 radical (unpaired) electrons. The summed E-state index contributed by atoms with van der Waals surface area (Å²) in [4.78, 5) is 2.14. The zero-order valence-corrected chi connectivity index (χ0v) is 13.1. The molecule has 1 N–H and O–H groups in total. The van der Waals surface area contributed by atoms with Crippen LogP contribution in [0.1, 0.15) is 39.5 Å². The topological polar surface area (TPSA) is 94.8 Å². The summed E-state index contributed by atoms with van der Waals surface area (Å²) in [6, 6.07) is 6.07. The second-order valence-electron chi connectivity index (χ2n) is 6.75. The third kappa shape index (κ3) is 3.14. The SMILES string of the molecule is CC1(C)CC(=C(C#N)C#N)C(C#N)=C(N2CCC(O)CC2)C1. The third-order valence-corrected chi connectivity index (χ3v) is 4.38. The van der Waals surface area contributed by atoms with E-state index in [1.54, 1.807) is 0 Å². The maximum Gasteiger partial charge on any atom is 0.134 e. The van der Waals surface area contributed by atoms with Gasteiger partial charge in [0.25, 0.3) is 0 Å². The summed E-state index contributed by atoms with van der Waals surface area (Å²) < 4.78 is 0. The Hall–Kier alpha value is -2.29. The summed E-state index contributed by atoms with van der Waals surface area (Å²) >= 11 is 0. The van der Waals surface area contributed by atoms with Crippen molar-refractivity contribution in [3.05, 3.63) is 22.4 Å². The maximum atomic E-state index is 9.66. The minimum absolute atomic E-state index is 0.0406. The van der Waals surface area contributed by atoms with Crippen molar-refractivity contribution in [1.82, 2.24) is 4.90 Å². The maximum absolute atomic E-state index is 9.66. The molecule has 0 amide bonds. The predicted molar refractivity (Wildman–Crippen MR) is 80.7 cm³/mol. The monoisotopic (exact) mass is 296 g/mol. The lowest BCUT2D eigenvalue weighted by Gasteiger charge is -2.41. The number of piperidine rings is 1. The molecule has 0 unspecified atom stereocenters. The Bertz CT molecular complexity index is 628. The summed E-state index contributed by atoms with van der Waals surface area (Å²) in [5, 5.41) is 37.6. The van der Waals surface area contributed by atoms with Crippen molar-refractivity contribution in [2.24, 2.45) is 5.41 Å². The number of nitriles is 3. The normalized spacial score (nSPS) is 21.8. The molecule has 0 aromatic rings. The summed E-state index contributed by atoms with van der Waals surface area (Å²) in [5.74, 6) is 0. The minimum atomic E-state index is -0.275. The molecule has 0 atom stereocenters. The highest BCUT2D eigenvalue weighted by atomic mass is 16.3. The Kier molecular flexibility index (Phi) is 4.55. The molecule has 1 aliphatic heterocycles. The van der Waals surface area contributed by atoms with E-state index in [-0.39, 0.29) is 17.1 Å². The van der Waals surface area contributed by atoms with Crippen molar-refractivity contribution >= 4 is 0 Å². The standard InChI is InChI=1S/C17H20N4O/c1-17(2)7-14(12(9-18)10-19)15(11-20)16(8-17)21-5-3-13(22)4-6-21/h13,22H,3-8H2,1-2H3. The molecule has 114 valence electrons. The fourth-order valence-corrected chi connectivity index (χ4v) is 3.26. The van der Waals surface area contributed by atoms with Gasteiger partial charge in [-0.1, -0.05) is 13.8 Å². The predicted octanol–water partition coefficient (Wildman–Crippen LogP) is 2.38. The number of aliphatic hydroxyl groups excluding tert-OH is 1. The van der Waals surface area contributed by atoms with Gasteiger partial charge in [-0.15, -0.1) is 0 Å². The number of hydrogen-bond acceptors (Lipinski definition) is 5. The largest absolute Gasteiger partial charge is 0.393 e. The molecule has 0 aromatic carbocycles. The van der Waals surface area contributed by atoms with Crippen molar-refractivity contribution in [1.29, 1.82) is 15.8 Å². The summed E-state index contributed by atoms with van der Waals surface area (Å²) in [7, 11) is 0. The summed E-state index contributed by atoms with van der Waals surface area (Å²) in [6.45, 7) is 5.59. The number of rotatable bonds is 1. The Morgan fingerprint density at radius 3 is 2.23 bits per heavy atom. The molecule has 1 heterocycles. The molecule has 22 heavy (non-hydrogen) atoms. The Labute approximate surface area is 131 Å². The van der Waals surface area contributed by atoms with Gasteiger partial charge in [-0.25, -0.2) is 0 Å². The second-order valence-corrected chi connectivity index (χ2v) is 6.75. The van der Waals surface area contributed by atoms with Crippen LogP contribution in [-0.4, -0.2) is 29.2 Å². The Balaban J connectivity index is 2.52. The highest BCUT2D eigenvalue weighted by Gasteiger charge is 2.35. The van der Waals surface area contributed by atoms with Gasteiger partial charge in [-0.3, -0.25) is 0 Å². The van der Waals surface area contributed by atoms with Gasteiger partial charge >= 0.3 is 0 Å². The molecule has 2 rings (SSSR count). The molecule has 0 spiro atoms. The van der Waals surface area contributed by atoms with Crippen LogP contribution in [0.2, 0.25) is 0 Å². The highest BCUT2D eigenvalue weighted by Crippen LogP contribution is 2.44. The molecule has 5 heteroatoms. The van der Waals surface area contributed by atoms with E-state index in [4.69, 9.17) is 0 Å². The van der Waals surface area contributed by atoms with E-state index in [1.807, 2.05) is 12.1 Å². The van der Waals surface area contributed by atoms with Crippen LogP contribution in [0.3, 0.4) is 0 Å². The first kappa shape index (κ1) is 16.1. The fourth-order valence-electron chi connectivity index (χ4n) is 3.26. The average molecular weight is 296 g/mol. The van der Waals surface area contributed by atoms with Crippen molar-refractivity contribution in [3.63, 3.8) is 0 Å². The molecule has 5 nitrogen and oxygen atoms in total. The lowest BCUT2D eigenvalue weighted by molar-refractivity contribution is 0.0914. The zero-order chi connectivity index (χ0) is 16.3. The van der Waals surface area contributed by atoms with Gasteiger partial charge in [-0.2, -0.15) is 15.8 Å². The lowest BCUT2D eigenvalue weighted by atomic mass is 9.72. The van der Waals surface area contributed by atoms with Gasteiger partial charge in [0.2, 0.25) is 0 Å². The number of nitrogens with zero attached hydrogens (tertiary/aromatic N) is 4. The smallest absolute Gasteiger partial charge is 0.134 e. The van der Waals surface area contributed by atoms with Gasteiger partial charge in [0.05, 0.1) is 11.7 Å². The van der Waals surface area contributed by atoms with E-state index in [0.29, 0.717) is 43.5 Å². The minimum Gasteiger partial charge on any atom is -0.393 e. The van der Waals surface area contributed by atoms with Crippen LogP contribution < -0.4 is 0 Å². The van der Waals surface area contributed by atoms with Crippen LogP contribution >= 0.6 is 0 Å². The van der Waals surface area contributed by atoms with Crippen molar-refractivity contribution in [2.45, 2.75) is 45.6 Å². The van der Waals surface area contributed by atoms with Gasteiger partial charge in [0.15, 0.2) is 0 Å². The Morgan fingerprint density at radius 2 is 1.73 bits per heavy atom. The number of hydrogen-bond donors (Lipinski definition) is 1. The molecule has 2 aliphatic rings. The molecule has 0 bridgehead atoms. The van der Waals surface area contributed by atoms with Crippen LogP contribution in [0, 0.1) is 39.4 Å². The number of aliphatic hydroxyl groups is 1. The zero-order valence-electron chi connectivity index (χ0n) is 13.1. The summed E-state index contributed by atoms with van der Waals surface area (Å²) in [5.41, 5.74) is 1.92. The van der Waals surface area contributed by atoms with E-state index >= 15 is 0 Å². The molecule has 0 aromatic heterocycles. The van der Waals surface area contributed by atoms with E-state index in [1.165, 1.54) is 0 Å². The van der Waals surface area contributed by atoms with Gasteiger partial charge in [-0.05, 0) is 31.1 Å². The van der Waals surface area contributed by atoms with Crippen molar-refractivity contribution < 1.29 is 5.11 Å². The van der Waals surface area contributed by atoms with Crippen LogP contribution in [0.25, 0.3) is 0 Å². The molecular formula is C17H20N4O. The van der Waals surface area contributed by atoms with E-state index in [9.17, 15) is 20.9 Å². The number of allylic oxidation sites excluding steroid dienone is 4. The molecule has 1 aliphatic carbocycles.